The number of hydrogen-bond acceptors (Lipinski definition) is 5. The molecule has 2 aromatic heterocycles. The molecule has 0 bridgehead atoms. The Labute approximate surface area is 127 Å². The number of amides is 2. The molecule has 0 atom stereocenters. The standard InChI is InChI=1S/C15H17N3O4/c1-9(2)22-15-12(4-3-5-17-15)14(20)18-7-11-6-10(8-21-11)13(16)19/h3-6,8-9H,7H2,1-2H3,(H2,16,19)(H,18,20). The average Bonchev–Trinajstić information content (AvgIpc) is 2.94. The summed E-state index contributed by atoms with van der Waals surface area (Å²) >= 11 is 0. The van der Waals surface area contributed by atoms with Crippen molar-refractivity contribution < 1.29 is 18.7 Å². The van der Waals surface area contributed by atoms with Gasteiger partial charge in [-0.3, -0.25) is 9.59 Å². The van der Waals surface area contributed by atoms with E-state index in [1.54, 1.807) is 18.3 Å². The highest BCUT2D eigenvalue weighted by molar-refractivity contribution is 5.96. The van der Waals surface area contributed by atoms with Crippen molar-refractivity contribution in [1.82, 2.24) is 10.3 Å². The summed E-state index contributed by atoms with van der Waals surface area (Å²) in [5, 5.41) is 2.68. The Kier molecular flexibility index (Phi) is 4.77. The number of carbonyl (C=O) groups excluding carboxylic acids is 2. The molecule has 0 unspecified atom stereocenters. The molecular formula is C15H17N3O4. The third-order valence-corrected chi connectivity index (χ3v) is 2.72. The fourth-order valence-electron chi connectivity index (χ4n) is 1.75. The second-order valence-corrected chi connectivity index (χ2v) is 4.87. The number of hydrogen-bond donors (Lipinski definition) is 2. The molecule has 2 amide bonds. The van der Waals surface area contributed by atoms with Gasteiger partial charge in [0.05, 0.1) is 18.2 Å². The minimum Gasteiger partial charge on any atom is -0.474 e. The summed E-state index contributed by atoms with van der Waals surface area (Å²) in [4.78, 5) is 27.2. The molecule has 2 heterocycles. The fourth-order valence-corrected chi connectivity index (χ4v) is 1.75. The highest BCUT2D eigenvalue weighted by Crippen LogP contribution is 2.16. The highest BCUT2D eigenvalue weighted by atomic mass is 16.5. The van der Waals surface area contributed by atoms with Gasteiger partial charge in [-0.1, -0.05) is 0 Å². The second kappa shape index (κ2) is 6.75. The molecule has 0 saturated heterocycles. The summed E-state index contributed by atoms with van der Waals surface area (Å²) in [6.45, 7) is 3.83. The predicted octanol–water partition coefficient (Wildman–Crippen LogP) is 1.49. The van der Waals surface area contributed by atoms with E-state index >= 15 is 0 Å². The molecule has 2 aromatic rings. The summed E-state index contributed by atoms with van der Waals surface area (Å²) < 4.78 is 10.6. The second-order valence-electron chi connectivity index (χ2n) is 4.87. The molecule has 0 radical (unpaired) electrons. The van der Waals surface area contributed by atoms with E-state index in [-0.39, 0.29) is 30.0 Å². The largest absolute Gasteiger partial charge is 0.474 e. The van der Waals surface area contributed by atoms with Crippen LogP contribution in [0.4, 0.5) is 0 Å². The topological polar surface area (TPSA) is 107 Å². The van der Waals surface area contributed by atoms with Crippen molar-refractivity contribution in [2.75, 3.05) is 0 Å². The Bertz CT molecular complexity index is 679. The van der Waals surface area contributed by atoms with E-state index in [9.17, 15) is 9.59 Å². The summed E-state index contributed by atoms with van der Waals surface area (Å²) in [7, 11) is 0. The molecule has 2 rings (SSSR count). The number of primary amides is 1. The Hall–Kier alpha value is -2.83. The summed E-state index contributed by atoms with van der Waals surface area (Å²) in [6.07, 6.45) is 2.71. The van der Waals surface area contributed by atoms with Crippen molar-refractivity contribution in [3.63, 3.8) is 0 Å². The van der Waals surface area contributed by atoms with Crippen molar-refractivity contribution in [3.8, 4) is 5.88 Å². The highest BCUT2D eigenvalue weighted by Gasteiger charge is 2.15. The SMILES string of the molecule is CC(C)Oc1ncccc1C(=O)NCc1cc(C(N)=O)co1. The number of ether oxygens (including phenoxy) is 1. The van der Waals surface area contributed by atoms with Gasteiger partial charge in [0.15, 0.2) is 0 Å². The van der Waals surface area contributed by atoms with Crippen LogP contribution in [0.5, 0.6) is 5.88 Å². The average molecular weight is 303 g/mol. The lowest BCUT2D eigenvalue weighted by Gasteiger charge is -2.12. The zero-order chi connectivity index (χ0) is 16.1. The van der Waals surface area contributed by atoms with E-state index in [2.05, 4.69) is 10.3 Å². The molecule has 0 saturated carbocycles. The van der Waals surface area contributed by atoms with Crippen LogP contribution in [-0.4, -0.2) is 22.9 Å². The third-order valence-electron chi connectivity index (χ3n) is 2.72. The number of nitrogens with two attached hydrogens (primary N) is 1. The van der Waals surface area contributed by atoms with Crippen molar-refractivity contribution >= 4 is 11.8 Å². The number of carbonyl (C=O) groups is 2. The molecule has 7 heteroatoms. The van der Waals surface area contributed by atoms with Crippen LogP contribution in [0.25, 0.3) is 0 Å². The van der Waals surface area contributed by atoms with Gasteiger partial charge in [-0.2, -0.15) is 0 Å². The molecule has 0 aliphatic carbocycles. The van der Waals surface area contributed by atoms with Gasteiger partial charge in [0.2, 0.25) is 5.88 Å². The zero-order valence-electron chi connectivity index (χ0n) is 12.3. The summed E-state index contributed by atoms with van der Waals surface area (Å²) in [6, 6.07) is 4.76. The van der Waals surface area contributed by atoms with E-state index in [0.717, 1.165) is 0 Å². The van der Waals surface area contributed by atoms with E-state index in [0.29, 0.717) is 11.3 Å². The predicted molar refractivity (Wildman–Crippen MR) is 78.4 cm³/mol. The molecule has 116 valence electrons. The first-order valence-electron chi connectivity index (χ1n) is 6.74. The molecule has 22 heavy (non-hydrogen) atoms. The van der Waals surface area contributed by atoms with Gasteiger partial charge >= 0.3 is 0 Å². The lowest BCUT2D eigenvalue weighted by atomic mass is 10.2. The number of rotatable bonds is 6. The van der Waals surface area contributed by atoms with Crippen LogP contribution in [0.2, 0.25) is 0 Å². The monoisotopic (exact) mass is 303 g/mol. The van der Waals surface area contributed by atoms with Gasteiger partial charge in [0.1, 0.15) is 17.6 Å². The first-order chi connectivity index (χ1) is 10.5. The third kappa shape index (κ3) is 3.85. The van der Waals surface area contributed by atoms with Crippen molar-refractivity contribution in [2.24, 2.45) is 5.73 Å². The Balaban J connectivity index is 2.04. The van der Waals surface area contributed by atoms with Crippen LogP contribution in [0.3, 0.4) is 0 Å². The van der Waals surface area contributed by atoms with Crippen molar-refractivity contribution in [2.45, 2.75) is 26.5 Å². The normalized spacial score (nSPS) is 10.5. The van der Waals surface area contributed by atoms with Crippen molar-refractivity contribution in [3.05, 3.63) is 47.5 Å². The molecule has 0 aliphatic heterocycles. The first kappa shape index (κ1) is 15.6. The number of pyridine rings is 1. The maximum absolute atomic E-state index is 12.2. The van der Waals surface area contributed by atoms with Crippen LogP contribution >= 0.6 is 0 Å². The van der Waals surface area contributed by atoms with E-state index in [1.807, 2.05) is 13.8 Å². The Morgan fingerprint density at radius 3 is 2.86 bits per heavy atom. The first-order valence-corrected chi connectivity index (χ1v) is 6.74. The van der Waals surface area contributed by atoms with Crippen LogP contribution in [0, 0.1) is 0 Å². The summed E-state index contributed by atoms with van der Waals surface area (Å²) in [5.41, 5.74) is 5.72. The van der Waals surface area contributed by atoms with Crippen LogP contribution in [0.15, 0.2) is 35.1 Å². The lowest BCUT2D eigenvalue weighted by molar-refractivity contribution is 0.0939. The number of nitrogens with one attached hydrogen (secondary N) is 1. The Morgan fingerprint density at radius 1 is 1.45 bits per heavy atom. The van der Waals surface area contributed by atoms with Gasteiger partial charge in [-0.25, -0.2) is 4.98 Å². The molecule has 0 aliphatic rings. The maximum atomic E-state index is 12.2. The zero-order valence-corrected chi connectivity index (χ0v) is 12.3. The van der Waals surface area contributed by atoms with Gasteiger partial charge in [0.25, 0.3) is 11.8 Å². The fraction of sp³-hybridized carbons (Fsp3) is 0.267. The van der Waals surface area contributed by atoms with Gasteiger partial charge < -0.3 is 20.2 Å². The molecule has 0 fully saturated rings. The van der Waals surface area contributed by atoms with E-state index in [1.165, 1.54) is 12.3 Å². The molecule has 0 spiro atoms. The van der Waals surface area contributed by atoms with E-state index < -0.39 is 5.91 Å². The minimum absolute atomic E-state index is 0.0929. The number of nitrogens with zero attached hydrogens (tertiary/aromatic N) is 1. The van der Waals surface area contributed by atoms with Gasteiger partial charge in [0, 0.05) is 6.20 Å². The molecule has 7 nitrogen and oxygen atoms in total. The smallest absolute Gasteiger partial charge is 0.257 e. The summed E-state index contributed by atoms with van der Waals surface area (Å²) in [5.74, 6) is -0.230. The molecule has 3 N–H and O–H groups in total. The molecule has 0 aromatic carbocycles. The van der Waals surface area contributed by atoms with Crippen LogP contribution < -0.4 is 15.8 Å². The lowest BCUT2D eigenvalue weighted by Crippen LogP contribution is -2.24. The van der Waals surface area contributed by atoms with Crippen molar-refractivity contribution in [1.29, 1.82) is 0 Å². The van der Waals surface area contributed by atoms with E-state index in [4.69, 9.17) is 14.9 Å². The minimum atomic E-state index is -0.582. The van der Waals surface area contributed by atoms with Crippen LogP contribution in [-0.2, 0) is 6.54 Å². The number of aromatic nitrogens is 1. The van der Waals surface area contributed by atoms with Gasteiger partial charge in [-0.05, 0) is 32.0 Å². The van der Waals surface area contributed by atoms with Gasteiger partial charge in [-0.15, -0.1) is 0 Å². The number of furan rings is 1. The Morgan fingerprint density at radius 2 is 2.23 bits per heavy atom. The molecular weight excluding hydrogens is 286 g/mol. The quantitative estimate of drug-likeness (QED) is 0.840. The maximum Gasteiger partial charge on any atom is 0.257 e. The van der Waals surface area contributed by atoms with Crippen LogP contribution in [0.1, 0.15) is 40.3 Å².